The fraction of sp³-hybridized carbons (Fsp3) is 0.385. The summed E-state index contributed by atoms with van der Waals surface area (Å²) >= 11 is 6.61. The molecular formula is C13H15Br2NO3. The molecule has 0 spiro atoms. The van der Waals surface area contributed by atoms with Crippen molar-refractivity contribution in [3.8, 4) is 0 Å². The van der Waals surface area contributed by atoms with Crippen molar-refractivity contribution in [2.75, 3.05) is 6.54 Å². The van der Waals surface area contributed by atoms with Gasteiger partial charge in [0.05, 0.1) is 5.92 Å². The van der Waals surface area contributed by atoms with E-state index in [1.807, 2.05) is 13.0 Å². The second-order valence-electron chi connectivity index (χ2n) is 4.19. The van der Waals surface area contributed by atoms with Crippen molar-refractivity contribution < 1.29 is 14.7 Å². The number of aliphatic carboxylic acids is 1. The molecule has 104 valence electrons. The molecule has 4 nitrogen and oxygen atoms in total. The average molecular weight is 393 g/mol. The van der Waals surface area contributed by atoms with Gasteiger partial charge >= 0.3 is 5.97 Å². The summed E-state index contributed by atoms with van der Waals surface area (Å²) in [5, 5.41) is 11.7. The van der Waals surface area contributed by atoms with Crippen LogP contribution in [0.5, 0.6) is 0 Å². The first kappa shape index (κ1) is 16.2. The van der Waals surface area contributed by atoms with Crippen LogP contribution in [0.15, 0.2) is 27.1 Å². The second kappa shape index (κ2) is 7.65. The van der Waals surface area contributed by atoms with E-state index in [2.05, 4.69) is 37.2 Å². The Hall–Kier alpha value is -0.880. The molecule has 0 saturated carbocycles. The fourth-order valence-electron chi connectivity index (χ4n) is 1.66. The molecule has 1 amide bonds. The highest BCUT2D eigenvalue weighted by Gasteiger charge is 2.17. The summed E-state index contributed by atoms with van der Waals surface area (Å²) in [5.41, 5.74) is 0.488. The maximum absolute atomic E-state index is 11.9. The molecule has 0 aromatic heterocycles. The van der Waals surface area contributed by atoms with E-state index in [0.717, 1.165) is 15.4 Å². The van der Waals surface area contributed by atoms with Crippen molar-refractivity contribution in [2.45, 2.75) is 19.8 Å². The van der Waals surface area contributed by atoms with Crippen molar-refractivity contribution in [1.82, 2.24) is 5.32 Å². The molecule has 2 N–H and O–H groups in total. The van der Waals surface area contributed by atoms with E-state index in [4.69, 9.17) is 5.11 Å². The van der Waals surface area contributed by atoms with Gasteiger partial charge in [-0.05, 0) is 24.6 Å². The zero-order chi connectivity index (χ0) is 14.4. The molecule has 1 rings (SSSR count). The molecule has 0 radical (unpaired) electrons. The summed E-state index contributed by atoms with van der Waals surface area (Å²) in [4.78, 5) is 22.9. The maximum Gasteiger partial charge on any atom is 0.308 e. The molecule has 1 unspecified atom stereocenters. The Kier molecular flexibility index (Phi) is 6.51. The number of carbonyl (C=O) groups excluding carboxylic acids is 1. The Bertz CT molecular complexity index is 457. The van der Waals surface area contributed by atoms with Crippen molar-refractivity contribution in [1.29, 1.82) is 0 Å². The van der Waals surface area contributed by atoms with E-state index >= 15 is 0 Å². The number of carboxylic acid groups (broad SMARTS) is 1. The zero-order valence-corrected chi connectivity index (χ0v) is 13.6. The number of carboxylic acids is 1. The summed E-state index contributed by atoms with van der Waals surface area (Å²) in [5.74, 6) is -1.69. The number of hydrogen-bond donors (Lipinski definition) is 2. The van der Waals surface area contributed by atoms with Crippen LogP contribution in [0.2, 0.25) is 0 Å². The highest BCUT2D eigenvalue weighted by Crippen LogP contribution is 2.20. The van der Waals surface area contributed by atoms with E-state index in [-0.39, 0.29) is 12.5 Å². The van der Waals surface area contributed by atoms with Gasteiger partial charge in [0.1, 0.15) is 0 Å². The van der Waals surface area contributed by atoms with Crippen LogP contribution in [0.4, 0.5) is 0 Å². The molecule has 1 atom stereocenters. The molecular weight excluding hydrogens is 378 g/mol. The summed E-state index contributed by atoms with van der Waals surface area (Å²) in [7, 11) is 0. The van der Waals surface area contributed by atoms with E-state index in [1.54, 1.807) is 12.1 Å². The topological polar surface area (TPSA) is 66.4 Å². The summed E-state index contributed by atoms with van der Waals surface area (Å²) in [6.07, 6.45) is 1.33. The first-order chi connectivity index (χ1) is 8.93. The molecule has 0 aliphatic carbocycles. The molecule has 19 heavy (non-hydrogen) atoms. The quantitative estimate of drug-likeness (QED) is 0.779. The van der Waals surface area contributed by atoms with Gasteiger partial charge in [0.15, 0.2) is 0 Å². The minimum Gasteiger partial charge on any atom is -0.481 e. The number of hydrogen-bond acceptors (Lipinski definition) is 2. The fourth-order valence-corrected chi connectivity index (χ4v) is 2.96. The molecule has 0 bridgehead atoms. The van der Waals surface area contributed by atoms with Gasteiger partial charge in [-0.3, -0.25) is 9.59 Å². The molecule has 0 saturated heterocycles. The van der Waals surface area contributed by atoms with Gasteiger partial charge in [0, 0.05) is 21.1 Å². The van der Waals surface area contributed by atoms with Crippen LogP contribution in [-0.2, 0) is 4.79 Å². The van der Waals surface area contributed by atoms with Crippen molar-refractivity contribution >= 4 is 43.7 Å². The number of amides is 1. The predicted octanol–water partition coefficient (Wildman–Crippen LogP) is 3.44. The van der Waals surface area contributed by atoms with Gasteiger partial charge in [0.2, 0.25) is 0 Å². The van der Waals surface area contributed by atoms with E-state index in [9.17, 15) is 9.59 Å². The third kappa shape index (κ3) is 5.32. The molecule has 0 aliphatic heterocycles. The lowest BCUT2D eigenvalue weighted by molar-refractivity contribution is -0.141. The predicted molar refractivity (Wildman–Crippen MR) is 80.2 cm³/mol. The standard InChI is InChI=1S/C13H15Br2NO3/c1-2-3-8(13(18)19)7-16-12(17)9-4-10(14)6-11(15)5-9/h4-6,8H,2-3,7H2,1H3,(H,16,17)(H,18,19). The second-order valence-corrected chi connectivity index (χ2v) is 6.02. The highest BCUT2D eigenvalue weighted by atomic mass is 79.9. The number of carbonyl (C=O) groups is 2. The molecule has 1 aromatic rings. The SMILES string of the molecule is CCCC(CNC(=O)c1cc(Br)cc(Br)c1)C(=O)O. The normalized spacial score (nSPS) is 11.9. The summed E-state index contributed by atoms with van der Waals surface area (Å²) in [6, 6.07) is 5.21. The number of rotatable bonds is 6. The molecule has 0 aliphatic rings. The van der Waals surface area contributed by atoms with Crippen LogP contribution in [-0.4, -0.2) is 23.5 Å². The highest BCUT2D eigenvalue weighted by molar-refractivity contribution is 9.11. The van der Waals surface area contributed by atoms with Gasteiger partial charge in [-0.15, -0.1) is 0 Å². The van der Waals surface area contributed by atoms with Gasteiger partial charge in [0.25, 0.3) is 5.91 Å². The van der Waals surface area contributed by atoms with Crippen molar-refractivity contribution in [2.24, 2.45) is 5.92 Å². The molecule has 0 heterocycles. The van der Waals surface area contributed by atoms with Crippen LogP contribution >= 0.6 is 31.9 Å². The molecule has 1 aromatic carbocycles. The van der Waals surface area contributed by atoms with Gasteiger partial charge in [-0.25, -0.2) is 0 Å². The monoisotopic (exact) mass is 391 g/mol. The lowest BCUT2D eigenvalue weighted by Gasteiger charge is -2.12. The van der Waals surface area contributed by atoms with Crippen LogP contribution < -0.4 is 5.32 Å². The van der Waals surface area contributed by atoms with Crippen molar-refractivity contribution in [3.05, 3.63) is 32.7 Å². The largest absolute Gasteiger partial charge is 0.481 e. The van der Waals surface area contributed by atoms with Crippen molar-refractivity contribution in [3.63, 3.8) is 0 Å². The third-order valence-corrected chi connectivity index (χ3v) is 3.54. The van der Waals surface area contributed by atoms with Crippen LogP contribution in [0, 0.1) is 5.92 Å². The Balaban J connectivity index is 2.66. The smallest absolute Gasteiger partial charge is 0.308 e. The number of benzene rings is 1. The Labute approximate surface area is 128 Å². The summed E-state index contributed by atoms with van der Waals surface area (Å²) in [6.45, 7) is 2.06. The van der Waals surface area contributed by atoms with Gasteiger partial charge in [-0.2, -0.15) is 0 Å². The van der Waals surface area contributed by atoms with Crippen LogP contribution in [0.1, 0.15) is 30.1 Å². The van der Waals surface area contributed by atoms with Crippen LogP contribution in [0.3, 0.4) is 0 Å². The molecule has 6 heteroatoms. The zero-order valence-electron chi connectivity index (χ0n) is 10.5. The Morgan fingerprint density at radius 3 is 2.32 bits per heavy atom. The van der Waals surface area contributed by atoms with Crippen LogP contribution in [0.25, 0.3) is 0 Å². The average Bonchev–Trinajstić information content (AvgIpc) is 2.32. The lowest BCUT2D eigenvalue weighted by Crippen LogP contribution is -2.32. The first-order valence-electron chi connectivity index (χ1n) is 5.91. The third-order valence-electron chi connectivity index (χ3n) is 2.62. The first-order valence-corrected chi connectivity index (χ1v) is 7.49. The van der Waals surface area contributed by atoms with Gasteiger partial charge in [-0.1, -0.05) is 45.2 Å². The van der Waals surface area contributed by atoms with E-state index in [1.165, 1.54) is 0 Å². The Morgan fingerprint density at radius 2 is 1.84 bits per heavy atom. The van der Waals surface area contributed by atoms with Gasteiger partial charge < -0.3 is 10.4 Å². The van der Waals surface area contributed by atoms with E-state index in [0.29, 0.717) is 12.0 Å². The summed E-state index contributed by atoms with van der Waals surface area (Å²) < 4.78 is 1.57. The number of nitrogens with one attached hydrogen (secondary N) is 1. The number of halogens is 2. The van der Waals surface area contributed by atoms with E-state index < -0.39 is 11.9 Å². The molecule has 0 fully saturated rings. The maximum atomic E-state index is 11.9. The minimum absolute atomic E-state index is 0.145. The minimum atomic E-state index is -0.877. The lowest BCUT2D eigenvalue weighted by atomic mass is 10.0. The Morgan fingerprint density at radius 1 is 1.26 bits per heavy atom.